The first-order chi connectivity index (χ1) is 8.10. The van der Waals surface area contributed by atoms with Crippen LogP contribution in [0.25, 0.3) is 0 Å². The van der Waals surface area contributed by atoms with Crippen molar-refractivity contribution in [3.05, 3.63) is 29.8 Å². The molecule has 2 unspecified atom stereocenters. The van der Waals surface area contributed by atoms with Gasteiger partial charge in [-0.05, 0) is 31.5 Å². The van der Waals surface area contributed by atoms with E-state index in [0.29, 0.717) is 6.04 Å². The van der Waals surface area contributed by atoms with Crippen LogP contribution >= 0.6 is 0 Å². The van der Waals surface area contributed by atoms with E-state index in [1.807, 2.05) is 7.05 Å². The lowest BCUT2D eigenvalue weighted by Crippen LogP contribution is -2.26. The van der Waals surface area contributed by atoms with Gasteiger partial charge >= 0.3 is 0 Å². The van der Waals surface area contributed by atoms with Crippen LogP contribution in [0.15, 0.2) is 24.3 Å². The number of hydrogen-bond donors (Lipinski definition) is 1. The highest BCUT2D eigenvalue weighted by Gasteiger charge is 2.12. The van der Waals surface area contributed by atoms with E-state index in [-0.39, 0.29) is 0 Å². The van der Waals surface area contributed by atoms with E-state index in [2.05, 4.69) is 62.3 Å². The molecule has 1 rings (SSSR count). The Hall–Kier alpha value is -1.02. The number of rotatable bonds is 6. The number of nitrogens with zero attached hydrogens (tertiary/aromatic N) is 1. The number of hydrogen-bond acceptors (Lipinski definition) is 2. The first-order valence-corrected chi connectivity index (χ1v) is 6.57. The maximum Gasteiger partial charge on any atom is 0.0412 e. The third-order valence-electron chi connectivity index (χ3n) is 3.53. The molecule has 0 saturated carbocycles. The van der Waals surface area contributed by atoms with Crippen molar-refractivity contribution in [2.45, 2.75) is 33.2 Å². The largest absolute Gasteiger partial charge is 0.374 e. The highest BCUT2D eigenvalue weighted by molar-refractivity contribution is 5.54. The zero-order valence-corrected chi connectivity index (χ0v) is 11.8. The molecule has 17 heavy (non-hydrogen) atoms. The molecular weight excluding hydrogens is 208 g/mol. The lowest BCUT2D eigenvalue weighted by atomic mass is 10.0. The van der Waals surface area contributed by atoms with Gasteiger partial charge in [0.25, 0.3) is 0 Å². The van der Waals surface area contributed by atoms with Crippen molar-refractivity contribution in [2.75, 3.05) is 25.5 Å². The van der Waals surface area contributed by atoms with Crippen molar-refractivity contribution < 1.29 is 0 Å². The van der Waals surface area contributed by atoms with Gasteiger partial charge in [-0.15, -0.1) is 0 Å². The predicted molar refractivity (Wildman–Crippen MR) is 76.6 cm³/mol. The molecule has 0 saturated heterocycles. The third-order valence-corrected chi connectivity index (χ3v) is 3.53. The molecule has 2 heteroatoms. The Bertz CT molecular complexity index is 335. The fourth-order valence-corrected chi connectivity index (χ4v) is 2.05. The Morgan fingerprint density at radius 2 is 1.88 bits per heavy atom. The molecule has 1 aromatic carbocycles. The third kappa shape index (κ3) is 3.74. The molecule has 96 valence electrons. The molecule has 1 N–H and O–H groups in total. The van der Waals surface area contributed by atoms with Gasteiger partial charge in [-0.3, -0.25) is 0 Å². The molecular formula is C15H26N2. The maximum atomic E-state index is 3.32. The van der Waals surface area contributed by atoms with Crippen LogP contribution in [0.3, 0.4) is 0 Å². The summed E-state index contributed by atoms with van der Waals surface area (Å²) >= 11 is 0. The summed E-state index contributed by atoms with van der Waals surface area (Å²) in [5.74, 6) is 0.734. The quantitative estimate of drug-likeness (QED) is 0.811. The summed E-state index contributed by atoms with van der Waals surface area (Å²) < 4.78 is 0. The Labute approximate surface area is 106 Å². The standard InChI is InChI=1S/C15H26N2/c1-6-12(2)11-17(5)15-10-8-7-9-14(15)13(3)16-4/h7-10,12-13,16H,6,11H2,1-5H3. The number of para-hydroxylation sites is 1. The SMILES string of the molecule is CCC(C)CN(C)c1ccccc1C(C)NC. The minimum Gasteiger partial charge on any atom is -0.374 e. The molecule has 0 spiro atoms. The van der Waals surface area contributed by atoms with Crippen molar-refractivity contribution in [3.63, 3.8) is 0 Å². The molecule has 0 radical (unpaired) electrons. The molecule has 1 aromatic rings. The molecule has 0 aliphatic rings. The van der Waals surface area contributed by atoms with Gasteiger partial charge in [-0.2, -0.15) is 0 Å². The average Bonchev–Trinajstić information content (AvgIpc) is 2.37. The van der Waals surface area contributed by atoms with E-state index >= 15 is 0 Å². The van der Waals surface area contributed by atoms with E-state index in [1.165, 1.54) is 17.7 Å². The lowest BCUT2D eigenvalue weighted by molar-refractivity contribution is 0.556. The average molecular weight is 234 g/mol. The van der Waals surface area contributed by atoms with Crippen molar-refractivity contribution in [3.8, 4) is 0 Å². The summed E-state index contributed by atoms with van der Waals surface area (Å²) in [6, 6.07) is 9.05. The van der Waals surface area contributed by atoms with Crippen molar-refractivity contribution in [2.24, 2.45) is 5.92 Å². The van der Waals surface area contributed by atoms with Gasteiger partial charge < -0.3 is 10.2 Å². The van der Waals surface area contributed by atoms with Gasteiger partial charge in [0.1, 0.15) is 0 Å². The molecule has 2 nitrogen and oxygen atoms in total. The lowest BCUT2D eigenvalue weighted by Gasteiger charge is -2.27. The number of nitrogens with one attached hydrogen (secondary N) is 1. The Morgan fingerprint density at radius 3 is 2.47 bits per heavy atom. The summed E-state index contributed by atoms with van der Waals surface area (Å²) in [7, 11) is 4.20. The van der Waals surface area contributed by atoms with E-state index in [9.17, 15) is 0 Å². The monoisotopic (exact) mass is 234 g/mol. The van der Waals surface area contributed by atoms with Gasteiger partial charge in [0.2, 0.25) is 0 Å². The fourth-order valence-electron chi connectivity index (χ4n) is 2.05. The van der Waals surface area contributed by atoms with Gasteiger partial charge in [0.15, 0.2) is 0 Å². The van der Waals surface area contributed by atoms with Gasteiger partial charge in [-0.1, -0.05) is 38.5 Å². The molecule has 0 bridgehead atoms. The molecule has 2 atom stereocenters. The van der Waals surface area contributed by atoms with Gasteiger partial charge in [-0.25, -0.2) is 0 Å². The fraction of sp³-hybridized carbons (Fsp3) is 0.600. The van der Waals surface area contributed by atoms with Gasteiger partial charge in [0, 0.05) is 25.3 Å². The van der Waals surface area contributed by atoms with Crippen LogP contribution in [0.2, 0.25) is 0 Å². The van der Waals surface area contributed by atoms with Crippen molar-refractivity contribution in [1.82, 2.24) is 5.32 Å². The summed E-state index contributed by atoms with van der Waals surface area (Å²) in [5, 5.41) is 3.32. The normalized spacial score (nSPS) is 14.4. The molecule has 0 heterocycles. The van der Waals surface area contributed by atoms with E-state index in [4.69, 9.17) is 0 Å². The maximum absolute atomic E-state index is 3.32. The van der Waals surface area contributed by atoms with E-state index < -0.39 is 0 Å². The van der Waals surface area contributed by atoms with Crippen molar-refractivity contribution in [1.29, 1.82) is 0 Å². The van der Waals surface area contributed by atoms with Crippen LogP contribution in [0, 0.1) is 5.92 Å². The van der Waals surface area contributed by atoms with Crippen LogP contribution in [-0.2, 0) is 0 Å². The van der Waals surface area contributed by atoms with Gasteiger partial charge in [0.05, 0.1) is 0 Å². The van der Waals surface area contributed by atoms with Crippen LogP contribution in [0.5, 0.6) is 0 Å². The Balaban J connectivity index is 2.88. The van der Waals surface area contributed by atoms with Crippen LogP contribution in [0.4, 0.5) is 5.69 Å². The second kappa shape index (κ2) is 6.65. The smallest absolute Gasteiger partial charge is 0.0412 e. The van der Waals surface area contributed by atoms with Crippen LogP contribution < -0.4 is 10.2 Å². The minimum absolute atomic E-state index is 0.394. The topological polar surface area (TPSA) is 15.3 Å². The molecule has 0 amide bonds. The zero-order valence-electron chi connectivity index (χ0n) is 11.8. The Kier molecular flexibility index (Phi) is 5.49. The van der Waals surface area contributed by atoms with Crippen LogP contribution in [-0.4, -0.2) is 20.6 Å². The second-order valence-corrected chi connectivity index (χ2v) is 4.96. The summed E-state index contributed by atoms with van der Waals surface area (Å²) in [4.78, 5) is 2.37. The first kappa shape index (κ1) is 14.0. The summed E-state index contributed by atoms with van der Waals surface area (Å²) in [5.41, 5.74) is 2.72. The van der Waals surface area contributed by atoms with E-state index in [1.54, 1.807) is 0 Å². The molecule has 0 aliphatic carbocycles. The van der Waals surface area contributed by atoms with Crippen LogP contribution in [0.1, 0.15) is 38.8 Å². The number of anilines is 1. The molecule has 0 fully saturated rings. The summed E-state index contributed by atoms with van der Waals surface area (Å²) in [6.45, 7) is 7.88. The minimum atomic E-state index is 0.394. The molecule has 0 aromatic heterocycles. The second-order valence-electron chi connectivity index (χ2n) is 4.96. The highest BCUT2D eigenvalue weighted by Crippen LogP contribution is 2.25. The predicted octanol–water partition coefficient (Wildman–Crippen LogP) is 3.45. The highest BCUT2D eigenvalue weighted by atomic mass is 15.1. The zero-order chi connectivity index (χ0) is 12.8. The summed E-state index contributed by atoms with van der Waals surface area (Å²) in [6.07, 6.45) is 1.23. The Morgan fingerprint density at radius 1 is 1.24 bits per heavy atom. The van der Waals surface area contributed by atoms with E-state index in [0.717, 1.165) is 12.5 Å². The van der Waals surface area contributed by atoms with Crippen molar-refractivity contribution >= 4 is 5.69 Å². The molecule has 0 aliphatic heterocycles. The first-order valence-electron chi connectivity index (χ1n) is 6.57. The number of benzene rings is 1.